The molecule has 1 heterocycles. The first kappa shape index (κ1) is 12.6. The number of aryl methyl sites for hydroxylation is 1. The summed E-state index contributed by atoms with van der Waals surface area (Å²) in [5.41, 5.74) is 6.87. The first-order chi connectivity index (χ1) is 7.18. The van der Waals surface area contributed by atoms with E-state index < -0.39 is 0 Å². The molecule has 1 atom stereocenters. The molecule has 0 spiro atoms. The number of aromatic nitrogens is 1. The van der Waals surface area contributed by atoms with Gasteiger partial charge in [-0.1, -0.05) is 0 Å². The highest BCUT2D eigenvalue weighted by Crippen LogP contribution is 2.07. The first-order valence-electron chi connectivity index (χ1n) is 5.56. The van der Waals surface area contributed by atoms with Gasteiger partial charge in [0.05, 0.1) is 10.7 Å². The van der Waals surface area contributed by atoms with Gasteiger partial charge in [-0.2, -0.15) is 0 Å². The second-order valence-electron chi connectivity index (χ2n) is 3.98. The monoisotopic (exact) mass is 227 g/mol. The Morgan fingerprint density at radius 1 is 1.53 bits per heavy atom. The van der Waals surface area contributed by atoms with E-state index in [2.05, 4.69) is 22.6 Å². The molecule has 1 aromatic heterocycles. The van der Waals surface area contributed by atoms with Gasteiger partial charge in [-0.15, -0.1) is 11.3 Å². The maximum atomic E-state index is 5.66. The van der Waals surface area contributed by atoms with Crippen molar-refractivity contribution in [1.82, 2.24) is 10.3 Å². The molecular weight excluding hydrogens is 206 g/mol. The van der Waals surface area contributed by atoms with E-state index in [0.29, 0.717) is 6.04 Å². The molecule has 0 saturated carbocycles. The van der Waals surface area contributed by atoms with Crippen LogP contribution in [0.1, 0.15) is 30.5 Å². The molecule has 0 aliphatic carbocycles. The van der Waals surface area contributed by atoms with E-state index in [1.807, 2.05) is 6.92 Å². The molecule has 3 nitrogen and oxygen atoms in total. The number of rotatable bonds is 7. The molecule has 0 saturated heterocycles. The van der Waals surface area contributed by atoms with Crippen LogP contribution in [0, 0.1) is 6.92 Å². The van der Waals surface area contributed by atoms with Crippen LogP contribution < -0.4 is 11.1 Å². The summed E-state index contributed by atoms with van der Waals surface area (Å²) < 4.78 is 0. The van der Waals surface area contributed by atoms with Crippen LogP contribution >= 0.6 is 11.3 Å². The van der Waals surface area contributed by atoms with Crippen molar-refractivity contribution < 1.29 is 0 Å². The molecule has 0 aromatic carbocycles. The van der Waals surface area contributed by atoms with Crippen molar-refractivity contribution in [3.8, 4) is 0 Å². The molecule has 3 N–H and O–H groups in total. The predicted octanol–water partition coefficient (Wildman–Crippen LogP) is 1.71. The fraction of sp³-hybridized carbons (Fsp3) is 0.727. The topological polar surface area (TPSA) is 50.9 Å². The van der Waals surface area contributed by atoms with Gasteiger partial charge in [-0.25, -0.2) is 4.98 Å². The van der Waals surface area contributed by atoms with E-state index in [1.54, 1.807) is 11.3 Å². The Balaban J connectivity index is 1.98. The van der Waals surface area contributed by atoms with Crippen molar-refractivity contribution in [3.05, 3.63) is 16.1 Å². The Bertz CT molecular complexity index is 271. The Hall–Kier alpha value is -0.450. The largest absolute Gasteiger partial charge is 0.328 e. The summed E-state index contributed by atoms with van der Waals surface area (Å²) in [5.74, 6) is 0. The first-order valence-corrected chi connectivity index (χ1v) is 6.43. The number of nitrogens with zero attached hydrogens (tertiary/aromatic N) is 1. The van der Waals surface area contributed by atoms with Crippen molar-refractivity contribution in [1.29, 1.82) is 0 Å². The molecule has 4 heteroatoms. The third kappa shape index (κ3) is 5.87. The molecule has 1 rings (SSSR count). The normalized spacial score (nSPS) is 13.0. The zero-order chi connectivity index (χ0) is 11.1. The lowest BCUT2D eigenvalue weighted by Crippen LogP contribution is -2.21. The molecule has 1 aromatic rings. The highest BCUT2D eigenvalue weighted by Gasteiger charge is 1.98. The van der Waals surface area contributed by atoms with Gasteiger partial charge in [-0.3, -0.25) is 0 Å². The quantitative estimate of drug-likeness (QED) is 0.697. The molecule has 0 aliphatic heterocycles. The smallest absolute Gasteiger partial charge is 0.0897 e. The van der Waals surface area contributed by atoms with Gasteiger partial charge in [0.25, 0.3) is 0 Å². The standard InChI is InChI=1S/C11H21N3S/c1-9(12)4-3-6-13-7-5-11-8-15-10(2)14-11/h8-9,13H,3-7,12H2,1-2H3. The summed E-state index contributed by atoms with van der Waals surface area (Å²) in [6.07, 6.45) is 3.29. The highest BCUT2D eigenvalue weighted by molar-refractivity contribution is 7.09. The van der Waals surface area contributed by atoms with Crippen LogP contribution in [0.3, 0.4) is 0 Å². The van der Waals surface area contributed by atoms with E-state index in [0.717, 1.165) is 37.4 Å². The van der Waals surface area contributed by atoms with Gasteiger partial charge in [0.1, 0.15) is 0 Å². The van der Waals surface area contributed by atoms with Gasteiger partial charge in [0.15, 0.2) is 0 Å². The number of hydrogen-bond donors (Lipinski definition) is 2. The lowest BCUT2D eigenvalue weighted by atomic mass is 10.2. The lowest BCUT2D eigenvalue weighted by molar-refractivity contribution is 0.574. The Morgan fingerprint density at radius 3 is 2.93 bits per heavy atom. The molecule has 0 bridgehead atoms. The van der Waals surface area contributed by atoms with E-state index >= 15 is 0 Å². The summed E-state index contributed by atoms with van der Waals surface area (Å²) in [7, 11) is 0. The third-order valence-electron chi connectivity index (χ3n) is 2.24. The minimum absolute atomic E-state index is 0.327. The molecule has 0 aliphatic rings. The maximum absolute atomic E-state index is 5.66. The van der Waals surface area contributed by atoms with E-state index in [4.69, 9.17) is 5.73 Å². The van der Waals surface area contributed by atoms with Crippen LogP contribution in [0.4, 0.5) is 0 Å². The fourth-order valence-corrected chi connectivity index (χ4v) is 2.06. The summed E-state index contributed by atoms with van der Waals surface area (Å²) in [6.45, 7) is 6.18. The fourth-order valence-electron chi connectivity index (χ4n) is 1.41. The summed E-state index contributed by atoms with van der Waals surface area (Å²) >= 11 is 1.72. The zero-order valence-electron chi connectivity index (χ0n) is 9.62. The predicted molar refractivity (Wildman–Crippen MR) is 66.3 cm³/mol. The lowest BCUT2D eigenvalue weighted by Gasteiger charge is -2.05. The molecule has 0 amide bonds. The second-order valence-corrected chi connectivity index (χ2v) is 5.04. The van der Waals surface area contributed by atoms with Gasteiger partial charge in [0, 0.05) is 24.4 Å². The van der Waals surface area contributed by atoms with E-state index in [-0.39, 0.29) is 0 Å². The maximum Gasteiger partial charge on any atom is 0.0897 e. The van der Waals surface area contributed by atoms with Crippen LogP contribution in [-0.4, -0.2) is 24.1 Å². The Kier molecular flexibility index (Phi) is 5.83. The molecule has 1 unspecified atom stereocenters. The average molecular weight is 227 g/mol. The van der Waals surface area contributed by atoms with Gasteiger partial charge >= 0.3 is 0 Å². The van der Waals surface area contributed by atoms with Crippen molar-refractivity contribution in [2.75, 3.05) is 13.1 Å². The Morgan fingerprint density at radius 2 is 2.33 bits per heavy atom. The molecule has 0 radical (unpaired) electrons. The van der Waals surface area contributed by atoms with Crippen LogP contribution in [0.2, 0.25) is 0 Å². The number of thiazole rings is 1. The van der Waals surface area contributed by atoms with E-state index in [9.17, 15) is 0 Å². The summed E-state index contributed by atoms with van der Waals surface area (Å²) in [6, 6.07) is 0.327. The van der Waals surface area contributed by atoms with Crippen LogP contribution in [0.5, 0.6) is 0 Å². The molecular formula is C11H21N3S. The third-order valence-corrected chi connectivity index (χ3v) is 3.06. The molecule has 15 heavy (non-hydrogen) atoms. The molecule has 86 valence electrons. The van der Waals surface area contributed by atoms with Crippen molar-refractivity contribution in [2.24, 2.45) is 5.73 Å². The zero-order valence-corrected chi connectivity index (χ0v) is 10.4. The number of hydrogen-bond acceptors (Lipinski definition) is 4. The van der Waals surface area contributed by atoms with Crippen molar-refractivity contribution in [3.63, 3.8) is 0 Å². The van der Waals surface area contributed by atoms with Crippen molar-refractivity contribution >= 4 is 11.3 Å². The minimum atomic E-state index is 0.327. The van der Waals surface area contributed by atoms with Gasteiger partial charge in [0.2, 0.25) is 0 Å². The average Bonchev–Trinajstić information content (AvgIpc) is 2.57. The van der Waals surface area contributed by atoms with Crippen LogP contribution in [0.25, 0.3) is 0 Å². The minimum Gasteiger partial charge on any atom is -0.328 e. The van der Waals surface area contributed by atoms with Crippen LogP contribution in [0.15, 0.2) is 5.38 Å². The number of nitrogens with one attached hydrogen (secondary N) is 1. The van der Waals surface area contributed by atoms with E-state index in [1.165, 1.54) is 5.69 Å². The van der Waals surface area contributed by atoms with Gasteiger partial charge in [-0.05, 0) is 33.2 Å². The van der Waals surface area contributed by atoms with Crippen LogP contribution in [-0.2, 0) is 6.42 Å². The SMILES string of the molecule is Cc1nc(CCNCCCC(C)N)cs1. The highest BCUT2D eigenvalue weighted by atomic mass is 32.1. The molecule has 0 fully saturated rings. The van der Waals surface area contributed by atoms with Gasteiger partial charge < -0.3 is 11.1 Å². The second kappa shape index (κ2) is 6.93. The number of nitrogens with two attached hydrogens (primary N) is 1. The van der Waals surface area contributed by atoms with Crippen molar-refractivity contribution in [2.45, 2.75) is 39.2 Å². The Labute approximate surface area is 96.1 Å². The summed E-state index contributed by atoms with van der Waals surface area (Å²) in [4.78, 5) is 4.42. The summed E-state index contributed by atoms with van der Waals surface area (Å²) in [5, 5.41) is 6.70.